The minimum Gasteiger partial charge on any atom is -0.444 e. The predicted molar refractivity (Wildman–Crippen MR) is 137 cm³/mol. The number of hydrogen-bond donors (Lipinski definition) is 0. The van der Waals surface area contributed by atoms with Gasteiger partial charge in [-0.2, -0.15) is 15.6 Å². The van der Waals surface area contributed by atoms with Crippen molar-refractivity contribution in [1.29, 1.82) is 0 Å². The first kappa shape index (κ1) is 25.9. The number of carbonyl (C=O) groups is 1. The molecule has 2 fully saturated rings. The van der Waals surface area contributed by atoms with E-state index in [9.17, 15) is 13.2 Å². The van der Waals surface area contributed by atoms with Crippen LogP contribution in [-0.4, -0.2) is 61.5 Å². The summed E-state index contributed by atoms with van der Waals surface area (Å²) in [5, 5.41) is 3.20. The van der Waals surface area contributed by atoms with Crippen molar-refractivity contribution in [2.45, 2.75) is 64.0 Å². The van der Waals surface area contributed by atoms with E-state index in [1.165, 1.54) is 21.7 Å². The Morgan fingerprint density at radius 3 is 2.46 bits per heavy atom. The van der Waals surface area contributed by atoms with Crippen molar-refractivity contribution in [2.24, 2.45) is 0 Å². The molecule has 1 aromatic heterocycles. The molecule has 2 aromatic rings. The third-order valence-corrected chi connectivity index (χ3v) is 9.67. The van der Waals surface area contributed by atoms with Gasteiger partial charge in [0.15, 0.2) is 0 Å². The standard InChI is InChI=1S/C25H34FN3O4S2/c1-18-5-8-23(20-9-14-34-17-20)35(31,32)29(18)16-19-6-7-21(15-22(19)26)27-10-12-28(13-11-27)24(30)33-25(2,3)4/h6-7,9,14-15,17-18,23H,5,8,10-13,16H2,1-4H3/t18-,23?/m0/s1. The van der Waals surface area contributed by atoms with E-state index in [1.54, 1.807) is 11.0 Å². The molecule has 35 heavy (non-hydrogen) atoms. The van der Waals surface area contributed by atoms with Crippen LogP contribution in [0.5, 0.6) is 0 Å². The number of hydrogen-bond acceptors (Lipinski definition) is 6. The van der Waals surface area contributed by atoms with Crippen LogP contribution in [0.1, 0.15) is 56.9 Å². The van der Waals surface area contributed by atoms with E-state index in [1.807, 2.05) is 55.5 Å². The van der Waals surface area contributed by atoms with E-state index in [-0.39, 0.29) is 18.7 Å². The largest absolute Gasteiger partial charge is 0.444 e. The molecule has 192 valence electrons. The highest BCUT2D eigenvalue weighted by molar-refractivity contribution is 7.89. The Morgan fingerprint density at radius 1 is 1.14 bits per heavy atom. The number of halogens is 1. The van der Waals surface area contributed by atoms with Crippen molar-refractivity contribution in [3.63, 3.8) is 0 Å². The number of anilines is 1. The zero-order valence-electron chi connectivity index (χ0n) is 20.7. The molecule has 3 heterocycles. The molecule has 7 nitrogen and oxygen atoms in total. The molecule has 0 N–H and O–H groups in total. The summed E-state index contributed by atoms with van der Waals surface area (Å²) < 4.78 is 48.8. The lowest BCUT2D eigenvalue weighted by Crippen LogP contribution is -2.50. The highest BCUT2D eigenvalue weighted by Crippen LogP contribution is 2.39. The quantitative estimate of drug-likeness (QED) is 0.564. The van der Waals surface area contributed by atoms with Gasteiger partial charge < -0.3 is 14.5 Å². The zero-order valence-corrected chi connectivity index (χ0v) is 22.4. The molecule has 2 saturated heterocycles. The second kappa shape index (κ2) is 10.1. The minimum absolute atomic E-state index is 0.0165. The normalized spacial score (nSPS) is 23.3. The predicted octanol–water partition coefficient (Wildman–Crippen LogP) is 5.00. The molecule has 2 atom stereocenters. The van der Waals surface area contributed by atoms with Crippen molar-refractivity contribution in [1.82, 2.24) is 9.21 Å². The number of benzene rings is 1. The molecule has 1 aromatic carbocycles. The van der Waals surface area contributed by atoms with E-state index >= 15 is 4.39 Å². The fourth-order valence-electron chi connectivity index (χ4n) is 4.65. The van der Waals surface area contributed by atoms with Gasteiger partial charge in [0.1, 0.15) is 16.7 Å². The lowest BCUT2D eigenvalue weighted by molar-refractivity contribution is 0.0240. The van der Waals surface area contributed by atoms with Crippen molar-refractivity contribution >= 4 is 33.1 Å². The molecule has 0 radical (unpaired) electrons. The average Bonchev–Trinajstić information content (AvgIpc) is 3.30. The lowest BCUT2D eigenvalue weighted by Gasteiger charge is -2.38. The van der Waals surface area contributed by atoms with Gasteiger partial charge in [-0.05, 0) is 75.1 Å². The number of amides is 1. The summed E-state index contributed by atoms with van der Waals surface area (Å²) in [5.41, 5.74) is 1.35. The summed E-state index contributed by atoms with van der Waals surface area (Å²) in [6.07, 6.45) is 0.978. The second-order valence-corrected chi connectivity index (χ2v) is 13.1. The number of rotatable bonds is 4. The number of thiophene rings is 1. The highest BCUT2D eigenvalue weighted by Gasteiger charge is 2.41. The molecule has 1 amide bonds. The molecule has 0 saturated carbocycles. The van der Waals surface area contributed by atoms with E-state index < -0.39 is 26.7 Å². The molecule has 2 aliphatic heterocycles. The third kappa shape index (κ3) is 5.81. The van der Waals surface area contributed by atoms with Gasteiger partial charge in [-0.1, -0.05) is 6.07 Å². The number of ether oxygens (including phenoxy) is 1. The number of piperazine rings is 1. The van der Waals surface area contributed by atoms with Crippen LogP contribution in [0.15, 0.2) is 35.0 Å². The lowest BCUT2D eigenvalue weighted by atomic mass is 10.1. The SMILES string of the molecule is C[C@H]1CCC(c2ccsc2)S(=O)(=O)N1Cc1ccc(N2CCN(C(=O)OC(C)(C)C)CC2)cc1F. The fourth-order valence-corrected chi connectivity index (χ4v) is 7.62. The van der Waals surface area contributed by atoms with Crippen LogP contribution in [0, 0.1) is 5.82 Å². The van der Waals surface area contributed by atoms with Gasteiger partial charge in [0, 0.05) is 50.0 Å². The zero-order chi connectivity index (χ0) is 25.4. The maximum absolute atomic E-state index is 15.2. The second-order valence-electron chi connectivity index (χ2n) is 10.3. The molecular formula is C25H34FN3O4S2. The van der Waals surface area contributed by atoms with Crippen molar-refractivity contribution in [2.75, 3.05) is 31.1 Å². The summed E-state index contributed by atoms with van der Waals surface area (Å²) in [6.45, 7) is 9.53. The van der Waals surface area contributed by atoms with Gasteiger partial charge in [0.2, 0.25) is 10.0 Å². The summed E-state index contributed by atoms with van der Waals surface area (Å²) in [4.78, 5) is 16.0. The van der Waals surface area contributed by atoms with E-state index in [0.29, 0.717) is 38.2 Å². The molecular weight excluding hydrogens is 489 g/mol. The van der Waals surface area contributed by atoms with Crippen LogP contribution in [0.2, 0.25) is 0 Å². The van der Waals surface area contributed by atoms with Crippen molar-refractivity contribution in [3.8, 4) is 0 Å². The first-order valence-electron chi connectivity index (χ1n) is 12.0. The molecule has 0 aliphatic carbocycles. The molecule has 0 bridgehead atoms. The van der Waals surface area contributed by atoms with Crippen molar-refractivity contribution < 1.29 is 22.3 Å². The van der Waals surface area contributed by atoms with Gasteiger partial charge in [0.25, 0.3) is 0 Å². The monoisotopic (exact) mass is 523 g/mol. The Hall–Kier alpha value is -2.17. The van der Waals surface area contributed by atoms with Gasteiger partial charge in [-0.25, -0.2) is 17.6 Å². The topological polar surface area (TPSA) is 70.2 Å². The first-order valence-corrected chi connectivity index (χ1v) is 14.4. The number of carbonyl (C=O) groups excluding carboxylic acids is 1. The average molecular weight is 524 g/mol. The maximum atomic E-state index is 15.2. The van der Waals surface area contributed by atoms with Crippen LogP contribution in [0.25, 0.3) is 0 Å². The fraction of sp³-hybridized carbons (Fsp3) is 0.560. The summed E-state index contributed by atoms with van der Waals surface area (Å²) in [6, 6.07) is 6.66. The van der Waals surface area contributed by atoms with Crippen LogP contribution in [0.3, 0.4) is 0 Å². The molecule has 0 spiro atoms. The van der Waals surface area contributed by atoms with Gasteiger partial charge in [0.05, 0.1) is 0 Å². The Morgan fingerprint density at radius 2 is 1.86 bits per heavy atom. The first-order chi connectivity index (χ1) is 16.5. The summed E-state index contributed by atoms with van der Waals surface area (Å²) >= 11 is 1.49. The van der Waals surface area contributed by atoms with E-state index in [0.717, 1.165) is 17.7 Å². The summed E-state index contributed by atoms with van der Waals surface area (Å²) in [5.74, 6) is -0.419. The Labute approximate surface area is 211 Å². The van der Waals surface area contributed by atoms with Crippen molar-refractivity contribution in [3.05, 3.63) is 52.0 Å². The number of nitrogens with zero attached hydrogens (tertiary/aromatic N) is 3. The highest BCUT2D eigenvalue weighted by atomic mass is 32.2. The molecule has 4 rings (SSSR count). The van der Waals surface area contributed by atoms with E-state index in [4.69, 9.17) is 4.74 Å². The smallest absolute Gasteiger partial charge is 0.410 e. The molecule has 2 aliphatic rings. The maximum Gasteiger partial charge on any atom is 0.410 e. The third-order valence-electron chi connectivity index (χ3n) is 6.60. The van der Waals surface area contributed by atoms with Crippen LogP contribution in [0.4, 0.5) is 14.9 Å². The number of sulfonamides is 1. The molecule has 1 unspecified atom stereocenters. The molecule has 10 heteroatoms. The van der Waals surface area contributed by atoms with Crippen LogP contribution in [-0.2, 0) is 21.3 Å². The van der Waals surface area contributed by atoms with Gasteiger partial charge in [-0.3, -0.25) is 0 Å². The Kier molecular flexibility index (Phi) is 7.45. The van der Waals surface area contributed by atoms with Crippen LogP contribution < -0.4 is 4.90 Å². The van der Waals surface area contributed by atoms with Gasteiger partial charge in [-0.15, -0.1) is 0 Å². The summed E-state index contributed by atoms with van der Waals surface area (Å²) in [7, 11) is -3.60. The Bertz CT molecular complexity index is 1140. The minimum atomic E-state index is -3.60. The Balaban J connectivity index is 1.43. The van der Waals surface area contributed by atoms with Crippen LogP contribution >= 0.6 is 11.3 Å². The van der Waals surface area contributed by atoms with Gasteiger partial charge >= 0.3 is 6.09 Å². The van der Waals surface area contributed by atoms with E-state index in [2.05, 4.69) is 0 Å².